The Balaban J connectivity index is 2.37. The molecule has 0 unspecified atom stereocenters. The third kappa shape index (κ3) is 2.54. The molecule has 2 aromatic rings. The quantitative estimate of drug-likeness (QED) is 0.886. The van der Waals surface area contributed by atoms with Crippen LogP contribution in [-0.2, 0) is 13.5 Å². The lowest BCUT2D eigenvalue weighted by molar-refractivity contribution is 0.430. The van der Waals surface area contributed by atoms with E-state index in [9.17, 15) is 0 Å². The van der Waals surface area contributed by atoms with Crippen molar-refractivity contribution >= 4 is 37.5 Å². The number of nitrogen functional groups attached to an aromatic ring is 1. The Hall–Kier alpha value is -1.01. The molecule has 0 fully saturated rings. The summed E-state index contributed by atoms with van der Waals surface area (Å²) in [6.07, 6.45) is 0.782. The van der Waals surface area contributed by atoms with Gasteiger partial charge in [-0.1, -0.05) is 22.9 Å². The fourth-order valence-corrected chi connectivity index (χ4v) is 2.75. The summed E-state index contributed by atoms with van der Waals surface area (Å²) in [5.74, 6) is 1.27. The Labute approximate surface area is 122 Å². The zero-order chi connectivity index (χ0) is 13.3. The molecule has 0 atom stereocenters. The van der Waals surface area contributed by atoms with Crippen molar-refractivity contribution in [1.29, 1.82) is 0 Å². The van der Waals surface area contributed by atoms with Gasteiger partial charge in [0.15, 0.2) is 0 Å². The molecule has 0 bridgehead atoms. The number of nitrogens with two attached hydrogens (primary N) is 1. The van der Waals surface area contributed by atoms with Crippen molar-refractivity contribution in [2.45, 2.75) is 13.3 Å². The van der Waals surface area contributed by atoms with E-state index in [4.69, 9.17) is 10.5 Å². The first-order valence-corrected chi connectivity index (χ1v) is 7.05. The van der Waals surface area contributed by atoms with Gasteiger partial charge in [0.05, 0.1) is 10.2 Å². The Morgan fingerprint density at radius 2 is 2.11 bits per heavy atom. The van der Waals surface area contributed by atoms with E-state index in [1.165, 1.54) is 0 Å². The van der Waals surface area contributed by atoms with Gasteiger partial charge in [0.2, 0.25) is 5.88 Å². The smallest absolute Gasteiger partial charge is 0.241 e. The molecular weight excluding hydrogens is 362 g/mol. The maximum Gasteiger partial charge on any atom is 0.241 e. The summed E-state index contributed by atoms with van der Waals surface area (Å²) in [6.45, 7) is 2.01. The van der Waals surface area contributed by atoms with E-state index < -0.39 is 0 Å². The highest BCUT2D eigenvalue weighted by atomic mass is 79.9. The lowest BCUT2D eigenvalue weighted by atomic mass is 10.3. The number of aromatic nitrogens is 2. The van der Waals surface area contributed by atoms with Crippen molar-refractivity contribution in [1.82, 2.24) is 9.78 Å². The van der Waals surface area contributed by atoms with Crippen LogP contribution in [0, 0.1) is 0 Å². The second-order valence-corrected chi connectivity index (χ2v) is 5.59. The SMILES string of the molecule is CCc1nn(C)c(Oc2ccc(Br)cc2Br)c1N. The van der Waals surface area contributed by atoms with Gasteiger partial charge in [-0.25, -0.2) is 4.68 Å². The average Bonchev–Trinajstić information content (AvgIpc) is 2.59. The van der Waals surface area contributed by atoms with E-state index in [1.807, 2.05) is 32.2 Å². The monoisotopic (exact) mass is 373 g/mol. The van der Waals surface area contributed by atoms with Crippen LogP contribution in [0.25, 0.3) is 0 Å². The first kappa shape index (κ1) is 13.4. The zero-order valence-electron chi connectivity index (χ0n) is 10.1. The van der Waals surface area contributed by atoms with Crippen LogP contribution in [0.2, 0.25) is 0 Å². The summed E-state index contributed by atoms with van der Waals surface area (Å²) in [5, 5.41) is 4.31. The highest BCUT2D eigenvalue weighted by Gasteiger charge is 2.15. The summed E-state index contributed by atoms with van der Waals surface area (Å²) in [4.78, 5) is 0. The van der Waals surface area contributed by atoms with Gasteiger partial charge in [-0.05, 0) is 40.5 Å². The fraction of sp³-hybridized carbons (Fsp3) is 0.250. The van der Waals surface area contributed by atoms with Gasteiger partial charge >= 0.3 is 0 Å². The second-order valence-electron chi connectivity index (χ2n) is 3.82. The summed E-state index contributed by atoms with van der Waals surface area (Å²) < 4.78 is 9.31. The standard InChI is InChI=1S/C12H13Br2N3O/c1-3-9-11(15)12(17(2)16-9)18-10-5-4-7(13)6-8(10)14/h4-6H,3,15H2,1-2H3. The molecule has 96 valence electrons. The van der Waals surface area contributed by atoms with Gasteiger partial charge in [-0.3, -0.25) is 0 Å². The number of hydrogen-bond donors (Lipinski definition) is 1. The maximum atomic E-state index is 6.01. The van der Waals surface area contributed by atoms with Crippen molar-refractivity contribution in [3.63, 3.8) is 0 Å². The molecule has 0 aliphatic rings. The van der Waals surface area contributed by atoms with Crippen LogP contribution in [0.3, 0.4) is 0 Å². The molecule has 18 heavy (non-hydrogen) atoms. The number of hydrogen-bond acceptors (Lipinski definition) is 3. The fourth-order valence-electron chi connectivity index (χ4n) is 1.62. The van der Waals surface area contributed by atoms with Crippen LogP contribution in [-0.4, -0.2) is 9.78 Å². The van der Waals surface area contributed by atoms with Crippen LogP contribution in [0.1, 0.15) is 12.6 Å². The number of ether oxygens (including phenoxy) is 1. The molecule has 0 aliphatic heterocycles. The Morgan fingerprint density at radius 3 is 2.67 bits per heavy atom. The van der Waals surface area contributed by atoms with Crippen LogP contribution in [0.5, 0.6) is 11.6 Å². The molecule has 1 aromatic heterocycles. The number of anilines is 1. The molecule has 1 aromatic carbocycles. The summed E-state index contributed by atoms with van der Waals surface area (Å²) in [7, 11) is 1.82. The van der Waals surface area contributed by atoms with Crippen molar-refractivity contribution in [3.05, 3.63) is 32.8 Å². The topological polar surface area (TPSA) is 53.1 Å². The van der Waals surface area contributed by atoms with Crippen LogP contribution in [0.4, 0.5) is 5.69 Å². The average molecular weight is 375 g/mol. The molecule has 0 saturated heterocycles. The van der Waals surface area contributed by atoms with Crippen LogP contribution >= 0.6 is 31.9 Å². The third-order valence-corrected chi connectivity index (χ3v) is 3.65. The van der Waals surface area contributed by atoms with E-state index in [0.717, 1.165) is 21.1 Å². The third-order valence-electron chi connectivity index (χ3n) is 2.54. The first-order chi connectivity index (χ1) is 8.52. The molecule has 0 radical (unpaired) electrons. The predicted octanol–water partition coefficient (Wildman–Crippen LogP) is 3.88. The largest absolute Gasteiger partial charge is 0.436 e. The van der Waals surface area contributed by atoms with E-state index in [2.05, 4.69) is 37.0 Å². The lowest BCUT2D eigenvalue weighted by Crippen LogP contribution is -1.97. The van der Waals surface area contributed by atoms with E-state index >= 15 is 0 Å². The second kappa shape index (κ2) is 5.32. The molecule has 0 aliphatic carbocycles. The lowest BCUT2D eigenvalue weighted by Gasteiger charge is -2.08. The van der Waals surface area contributed by atoms with Gasteiger partial charge in [-0.15, -0.1) is 0 Å². The summed E-state index contributed by atoms with van der Waals surface area (Å²) in [5.41, 5.74) is 7.45. The van der Waals surface area contributed by atoms with Crippen molar-refractivity contribution in [3.8, 4) is 11.6 Å². The van der Waals surface area contributed by atoms with Gasteiger partial charge in [0.25, 0.3) is 0 Å². The minimum Gasteiger partial charge on any atom is -0.436 e. The number of rotatable bonds is 3. The minimum absolute atomic E-state index is 0.565. The molecule has 0 saturated carbocycles. The van der Waals surface area contributed by atoms with Crippen molar-refractivity contribution < 1.29 is 4.74 Å². The van der Waals surface area contributed by atoms with Crippen molar-refractivity contribution in [2.24, 2.45) is 7.05 Å². The molecule has 2 rings (SSSR count). The normalized spacial score (nSPS) is 10.7. The number of benzene rings is 1. The summed E-state index contributed by atoms with van der Waals surface area (Å²) >= 11 is 6.85. The predicted molar refractivity (Wildman–Crippen MR) is 78.9 cm³/mol. The Bertz CT molecular complexity index is 581. The van der Waals surface area contributed by atoms with Gasteiger partial charge in [-0.2, -0.15) is 5.10 Å². The van der Waals surface area contributed by atoms with Crippen LogP contribution in [0.15, 0.2) is 27.1 Å². The first-order valence-electron chi connectivity index (χ1n) is 5.47. The van der Waals surface area contributed by atoms with E-state index in [1.54, 1.807) is 4.68 Å². The number of halogens is 2. The Morgan fingerprint density at radius 1 is 1.39 bits per heavy atom. The van der Waals surface area contributed by atoms with Gasteiger partial charge in [0.1, 0.15) is 11.4 Å². The molecule has 4 nitrogen and oxygen atoms in total. The molecule has 0 spiro atoms. The summed E-state index contributed by atoms with van der Waals surface area (Å²) in [6, 6.07) is 5.70. The van der Waals surface area contributed by atoms with Gasteiger partial charge < -0.3 is 10.5 Å². The number of aryl methyl sites for hydroxylation is 2. The molecule has 6 heteroatoms. The highest BCUT2D eigenvalue weighted by molar-refractivity contribution is 9.11. The minimum atomic E-state index is 0.565. The molecular formula is C12H13Br2N3O. The maximum absolute atomic E-state index is 6.01. The molecule has 1 heterocycles. The highest BCUT2D eigenvalue weighted by Crippen LogP contribution is 2.35. The van der Waals surface area contributed by atoms with Crippen LogP contribution < -0.4 is 10.5 Å². The van der Waals surface area contributed by atoms with E-state index in [0.29, 0.717) is 17.3 Å². The molecule has 2 N–H and O–H groups in total. The zero-order valence-corrected chi connectivity index (χ0v) is 13.2. The molecule has 0 amide bonds. The van der Waals surface area contributed by atoms with E-state index in [-0.39, 0.29) is 0 Å². The van der Waals surface area contributed by atoms with Crippen molar-refractivity contribution in [2.75, 3.05) is 5.73 Å². The number of nitrogens with zero attached hydrogens (tertiary/aromatic N) is 2. The van der Waals surface area contributed by atoms with Gasteiger partial charge in [0, 0.05) is 11.5 Å². The Kier molecular flexibility index (Phi) is 3.97.